The molecule has 1 rings (SSSR count). The first-order chi connectivity index (χ1) is 6.51. The fraction of sp³-hybridized carbons (Fsp3) is 0.818. The molecule has 1 atom stereocenters. The minimum absolute atomic E-state index is 0.119. The molecule has 0 saturated heterocycles. The Morgan fingerprint density at radius 2 is 2.21 bits per heavy atom. The third-order valence-corrected chi connectivity index (χ3v) is 2.92. The molecule has 0 heterocycles. The number of hydrogen-bond acceptors (Lipinski definition) is 2. The lowest BCUT2D eigenvalue weighted by atomic mass is 9.97. The maximum Gasteiger partial charge on any atom is 0.237 e. The molecular weight excluding hydrogens is 176 g/mol. The van der Waals surface area contributed by atoms with Gasteiger partial charge in [0.25, 0.3) is 0 Å². The van der Waals surface area contributed by atoms with E-state index in [0.717, 1.165) is 0 Å². The molecule has 0 aromatic carbocycles. The smallest absolute Gasteiger partial charge is 0.237 e. The fourth-order valence-electron chi connectivity index (χ4n) is 1.65. The van der Waals surface area contributed by atoms with Crippen LogP contribution in [0.15, 0.2) is 0 Å². The molecule has 0 bridgehead atoms. The van der Waals surface area contributed by atoms with Gasteiger partial charge in [0.1, 0.15) is 5.92 Å². The van der Waals surface area contributed by atoms with Crippen molar-refractivity contribution in [1.82, 2.24) is 5.32 Å². The molecule has 1 amide bonds. The molecule has 1 saturated carbocycles. The Balaban J connectivity index is 2.51. The van der Waals surface area contributed by atoms with Gasteiger partial charge in [-0.1, -0.05) is 6.92 Å². The van der Waals surface area contributed by atoms with Crippen LogP contribution < -0.4 is 5.32 Å². The van der Waals surface area contributed by atoms with Crippen molar-refractivity contribution in [1.29, 1.82) is 5.26 Å². The van der Waals surface area contributed by atoms with Gasteiger partial charge in [0, 0.05) is 5.54 Å². The van der Waals surface area contributed by atoms with Crippen LogP contribution in [-0.4, -0.2) is 11.4 Å². The maximum absolute atomic E-state index is 11.6. The van der Waals surface area contributed by atoms with Gasteiger partial charge in [-0.2, -0.15) is 5.26 Å². The predicted molar refractivity (Wildman–Crippen MR) is 54.3 cm³/mol. The molecule has 3 heteroatoms. The van der Waals surface area contributed by atoms with Crippen molar-refractivity contribution in [3.05, 3.63) is 0 Å². The first-order valence-corrected chi connectivity index (χ1v) is 5.23. The molecule has 0 aromatic rings. The van der Waals surface area contributed by atoms with Crippen LogP contribution in [0.4, 0.5) is 0 Å². The van der Waals surface area contributed by atoms with Crippen molar-refractivity contribution in [3.8, 4) is 6.07 Å². The van der Waals surface area contributed by atoms with Crippen LogP contribution in [0.3, 0.4) is 0 Å². The summed E-state index contributed by atoms with van der Waals surface area (Å²) in [5.41, 5.74) is -0.138. The van der Waals surface area contributed by atoms with Gasteiger partial charge in [-0.3, -0.25) is 4.79 Å². The van der Waals surface area contributed by atoms with E-state index in [1.807, 2.05) is 26.8 Å². The highest BCUT2D eigenvalue weighted by Crippen LogP contribution is 2.39. The van der Waals surface area contributed by atoms with Crippen molar-refractivity contribution < 1.29 is 4.79 Å². The quantitative estimate of drug-likeness (QED) is 0.742. The first-order valence-electron chi connectivity index (χ1n) is 5.23. The Morgan fingerprint density at radius 1 is 1.64 bits per heavy atom. The van der Waals surface area contributed by atoms with Crippen molar-refractivity contribution in [2.24, 2.45) is 11.8 Å². The lowest BCUT2D eigenvalue weighted by molar-refractivity contribution is -0.125. The number of carbonyl (C=O) groups excluding carboxylic acids is 1. The molecule has 0 aromatic heterocycles. The Morgan fingerprint density at radius 3 is 2.57 bits per heavy atom. The monoisotopic (exact) mass is 194 g/mol. The number of nitriles is 1. The molecule has 14 heavy (non-hydrogen) atoms. The molecule has 0 spiro atoms. The second-order valence-electron chi connectivity index (χ2n) is 4.58. The SMILES string of the molecule is CCC(C#N)C(=O)NC(C)(C)C1CC1. The Labute approximate surface area is 85.5 Å². The number of amides is 1. The number of carbonyl (C=O) groups is 1. The van der Waals surface area contributed by atoms with E-state index in [9.17, 15) is 4.79 Å². The van der Waals surface area contributed by atoms with Crippen LogP contribution in [0, 0.1) is 23.2 Å². The molecule has 1 fully saturated rings. The van der Waals surface area contributed by atoms with Crippen LogP contribution in [0.2, 0.25) is 0 Å². The average Bonchev–Trinajstić information content (AvgIpc) is 2.87. The van der Waals surface area contributed by atoms with Crippen LogP contribution in [0.25, 0.3) is 0 Å². The third kappa shape index (κ3) is 2.47. The highest BCUT2D eigenvalue weighted by molar-refractivity contribution is 5.81. The summed E-state index contributed by atoms with van der Waals surface area (Å²) >= 11 is 0. The van der Waals surface area contributed by atoms with Gasteiger partial charge in [0.2, 0.25) is 5.91 Å². The minimum atomic E-state index is -0.493. The van der Waals surface area contributed by atoms with E-state index in [2.05, 4.69) is 5.32 Å². The Hall–Kier alpha value is -1.04. The number of hydrogen-bond donors (Lipinski definition) is 1. The average molecular weight is 194 g/mol. The van der Waals surface area contributed by atoms with Crippen LogP contribution in [0.1, 0.15) is 40.0 Å². The molecule has 3 nitrogen and oxygen atoms in total. The predicted octanol–water partition coefficient (Wildman–Crippen LogP) is 1.84. The van der Waals surface area contributed by atoms with Crippen LogP contribution in [-0.2, 0) is 4.79 Å². The molecule has 0 aliphatic heterocycles. The summed E-state index contributed by atoms with van der Waals surface area (Å²) in [4.78, 5) is 11.6. The van der Waals surface area contributed by atoms with E-state index in [0.29, 0.717) is 12.3 Å². The largest absolute Gasteiger partial charge is 0.350 e. The molecule has 1 unspecified atom stereocenters. The molecular formula is C11H18N2O. The maximum atomic E-state index is 11.6. The normalized spacial score (nSPS) is 18.4. The van der Waals surface area contributed by atoms with Gasteiger partial charge in [-0.25, -0.2) is 0 Å². The molecule has 1 aliphatic carbocycles. The highest BCUT2D eigenvalue weighted by atomic mass is 16.2. The zero-order chi connectivity index (χ0) is 10.8. The van der Waals surface area contributed by atoms with Crippen molar-refractivity contribution in [3.63, 3.8) is 0 Å². The van der Waals surface area contributed by atoms with Gasteiger partial charge in [-0.05, 0) is 39.0 Å². The first kappa shape index (κ1) is 11.0. The number of nitrogens with one attached hydrogen (secondary N) is 1. The second kappa shape index (κ2) is 4.00. The summed E-state index contributed by atoms with van der Waals surface area (Å²) in [5, 5.41) is 11.7. The van der Waals surface area contributed by atoms with E-state index >= 15 is 0 Å². The Kier molecular flexibility index (Phi) is 3.15. The van der Waals surface area contributed by atoms with E-state index in [1.165, 1.54) is 12.8 Å². The summed E-state index contributed by atoms with van der Waals surface area (Å²) in [7, 11) is 0. The van der Waals surface area contributed by atoms with E-state index in [-0.39, 0.29) is 11.4 Å². The fourth-order valence-corrected chi connectivity index (χ4v) is 1.65. The van der Waals surface area contributed by atoms with Crippen LogP contribution in [0.5, 0.6) is 0 Å². The zero-order valence-corrected chi connectivity index (χ0v) is 9.13. The van der Waals surface area contributed by atoms with Gasteiger partial charge in [-0.15, -0.1) is 0 Å². The molecule has 78 valence electrons. The van der Waals surface area contributed by atoms with Gasteiger partial charge in [0.05, 0.1) is 6.07 Å². The van der Waals surface area contributed by atoms with E-state index < -0.39 is 5.92 Å². The highest BCUT2D eigenvalue weighted by Gasteiger charge is 2.39. The van der Waals surface area contributed by atoms with Gasteiger partial charge < -0.3 is 5.32 Å². The summed E-state index contributed by atoms with van der Waals surface area (Å²) in [6.07, 6.45) is 2.97. The summed E-state index contributed by atoms with van der Waals surface area (Å²) < 4.78 is 0. The van der Waals surface area contributed by atoms with Gasteiger partial charge >= 0.3 is 0 Å². The van der Waals surface area contributed by atoms with E-state index in [1.54, 1.807) is 0 Å². The lowest BCUT2D eigenvalue weighted by Gasteiger charge is -2.27. The van der Waals surface area contributed by atoms with Crippen molar-refractivity contribution in [2.75, 3.05) is 0 Å². The summed E-state index contributed by atoms with van der Waals surface area (Å²) in [6.45, 7) is 5.93. The summed E-state index contributed by atoms with van der Waals surface area (Å²) in [6, 6.07) is 2.02. The minimum Gasteiger partial charge on any atom is -0.350 e. The number of nitrogens with zero attached hydrogens (tertiary/aromatic N) is 1. The second-order valence-corrected chi connectivity index (χ2v) is 4.58. The third-order valence-electron chi connectivity index (χ3n) is 2.92. The summed E-state index contributed by atoms with van der Waals surface area (Å²) in [5.74, 6) is -0.0115. The van der Waals surface area contributed by atoms with Crippen LogP contribution >= 0.6 is 0 Å². The molecule has 0 radical (unpaired) electrons. The lowest BCUT2D eigenvalue weighted by Crippen LogP contribution is -2.47. The zero-order valence-electron chi connectivity index (χ0n) is 9.13. The van der Waals surface area contributed by atoms with Gasteiger partial charge in [0.15, 0.2) is 0 Å². The molecule has 1 N–H and O–H groups in total. The van der Waals surface area contributed by atoms with E-state index in [4.69, 9.17) is 5.26 Å². The topological polar surface area (TPSA) is 52.9 Å². The molecule has 1 aliphatic rings. The Bertz CT molecular complexity index is 261. The van der Waals surface area contributed by atoms with Crippen molar-refractivity contribution in [2.45, 2.75) is 45.6 Å². The number of rotatable bonds is 4. The standard InChI is InChI=1S/C11H18N2O/c1-4-8(7-12)10(14)13-11(2,3)9-5-6-9/h8-9H,4-6H2,1-3H3,(H,13,14). The van der Waals surface area contributed by atoms with Crippen molar-refractivity contribution >= 4 is 5.91 Å².